The minimum atomic E-state index is -0.922. The maximum Gasteiger partial charge on any atom is 0.338 e. The second-order valence-electron chi connectivity index (χ2n) is 11.3. The number of ether oxygens (including phenoxy) is 3. The molecule has 0 radical (unpaired) electrons. The zero-order valence-corrected chi connectivity index (χ0v) is 28.4. The first-order valence-electron chi connectivity index (χ1n) is 16.1. The molecule has 0 saturated heterocycles. The second kappa shape index (κ2) is 13.9. The Bertz CT molecular complexity index is 2460. The van der Waals surface area contributed by atoms with Gasteiger partial charge in [-0.3, -0.25) is 9.36 Å². The van der Waals surface area contributed by atoms with Gasteiger partial charge in [-0.2, -0.15) is 0 Å². The Kier molecular flexibility index (Phi) is 9.02. The zero-order valence-electron chi connectivity index (χ0n) is 27.5. The van der Waals surface area contributed by atoms with Crippen LogP contribution in [0.2, 0.25) is 0 Å². The van der Waals surface area contributed by atoms with Gasteiger partial charge in [0.05, 0.1) is 41.7 Å². The minimum absolute atomic E-state index is 0.139. The topological polar surface area (TPSA) is 109 Å². The lowest BCUT2D eigenvalue weighted by molar-refractivity contribution is -0.138. The lowest BCUT2D eigenvalue weighted by atomic mass is 9.89. The predicted octanol–water partition coefficient (Wildman–Crippen LogP) is 6.53. The van der Waals surface area contributed by atoms with E-state index >= 15 is 0 Å². The van der Waals surface area contributed by atoms with Gasteiger partial charge in [0.1, 0.15) is 23.3 Å². The zero-order chi connectivity index (χ0) is 34.8. The molecule has 250 valence electrons. The third-order valence-electron chi connectivity index (χ3n) is 8.38. The monoisotopic (exact) mass is 684 g/mol. The molecule has 6 aromatic rings. The number of fused-ring (bicyclic) bond motifs is 2. The number of esters is 2. The molecule has 1 atom stereocenters. The van der Waals surface area contributed by atoms with Crippen LogP contribution in [-0.4, -0.2) is 36.8 Å². The summed E-state index contributed by atoms with van der Waals surface area (Å²) in [5.74, 6) is 0.564. The number of hydrogen-bond donors (Lipinski definition) is 0. The van der Waals surface area contributed by atoms with E-state index in [9.17, 15) is 14.4 Å². The Morgan fingerprint density at radius 1 is 0.840 bits per heavy atom. The van der Waals surface area contributed by atoms with Gasteiger partial charge in [-0.25, -0.2) is 14.6 Å². The lowest BCUT2D eigenvalue weighted by Gasteiger charge is -2.28. The van der Waals surface area contributed by atoms with Crippen LogP contribution in [0.15, 0.2) is 123 Å². The second-order valence-corrected chi connectivity index (χ2v) is 12.3. The Balaban J connectivity index is 1.43. The molecule has 4 aromatic carbocycles. The number of aromatic nitrogens is 1. The summed E-state index contributed by atoms with van der Waals surface area (Å²) in [6.07, 6.45) is 1.67. The standard InChI is InChI=1S/C40H32N2O7S/c1-4-47-38(44)27-17-15-25(16-18-27)30-22-20-28(49-30)23-32-37(43)42-36(33-29-14-10-9-11-24(29)19-21-31(33)46-3)34(39(45)48-5-2)35(41-40(42)50-32)26-12-7-6-8-13-26/h6-23,36H,4-5H2,1-3H3/b32-23-. The number of furan rings is 1. The molecule has 3 heterocycles. The molecule has 0 amide bonds. The lowest BCUT2D eigenvalue weighted by Crippen LogP contribution is -2.40. The van der Waals surface area contributed by atoms with Gasteiger partial charge < -0.3 is 18.6 Å². The first-order valence-corrected chi connectivity index (χ1v) is 16.9. The van der Waals surface area contributed by atoms with Crippen LogP contribution in [0.4, 0.5) is 0 Å². The van der Waals surface area contributed by atoms with Crippen molar-refractivity contribution in [3.8, 4) is 17.1 Å². The minimum Gasteiger partial charge on any atom is -0.496 e. The van der Waals surface area contributed by atoms with E-state index in [0.717, 1.165) is 16.3 Å². The molecule has 0 spiro atoms. The molecule has 0 bridgehead atoms. The molecule has 0 saturated carbocycles. The smallest absolute Gasteiger partial charge is 0.338 e. The molecule has 1 aliphatic heterocycles. The van der Waals surface area contributed by atoms with Crippen molar-refractivity contribution >= 4 is 45.8 Å². The van der Waals surface area contributed by atoms with Crippen LogP contribution in [-0.2, 0) is 14.3 Å². The molecule has 0 N–H and O–H groups in total. The van der Waals surface area contributed by atoms with Gasteiger partial charge in [0.25, 0.3) is 5.56 Å². The molecule has 7 rings (SSSR count). The molecule has 9 nitrogen and oxygen atoms in total. The summed E-state index contributed by atoms with van der Waals surface area (Å²) in [4.78, 5) is 46.0. The highest BCUT2D eigenvalue weighted by Crippen LogP contribution is 2.42. The number of carbonyl (C=O) groups excluding carboxylic acids is 2. The summed E-state index contributed by atoms with van der Waals surface area (Å²) in [6.45, 7) is 3.94. The Hall–Kier alpha value is -6.00. The Morgan fingerprint density at radius 2 is 1.56 bits per heavy atom. The molecule has 2 aromatic heterocycles. The van der Waals surface area contributed by atoms with Crippen molar-refractivity contribution in [1.82, 2.24) is 4.57 Å². The largest absolute Gasteiger partial charge is 0.496 e. The summed E-state index contributed by atoms with van der Waals surface area (Å²) in [5, 5.41) is 1.75. The van der Waals surface area contributed by atoms with E-state index in [1.165, 1.54) is 11.3 Å². The van der Waals surface area contributed by atoms with Crippen molar-refractivity contribution in [2.75, 3.05) is 20.3 Å². The Labute approximate surface area is 291 Å². The SMILES string of the molecule is CCOC(=O)C1=C(c2ccccc2)N=c2s/c(=C\c3ccc(-c4ccc(C(=O)OCC)cc4)o3)c(=O)n2C1c1c(OC)ccc2ccccc12. The van der Waals surface area contributed by atoms with Crippen molar-refractivity contribution < 1.29 is 28.2 Å². The highest BCUT2D eigenvalue weighted by Gasteiger charge is 2.37. The maximum absolute atomic E-state index is 14.5. The van der Waals surface area contributed by atoms with Crippen molar-refractivity contribution in [3.05, 3.63) is 151 Å². The summed E-state index contributed by atoms with van der Waals surface area (Å²) in [5.41, 5.74) is 2.87. The summed E-state index contributed by atoms with van der Waals surface area (Å²) in [6, 6.07) is 30.6. The van der Waals surface area contributed by atoms with E-state index in [2.05, 4.69) is 0 Å². The average Bonchev–Trinajstić information content (AvgIpc) is 3.74. The van der Waals surface area contributed by atoms with E-state index in [0.29, 0.717) is 55.6 Å². The van der Waals surface area contributed by atoms with E-state index in [-0.39, 0.29) is 17.7 Å². The quantitative estimate of drug-likeness (QED) is 0.159. The van der Waals surface area contributed by atoms with Crippen molar-refractivity contribution in [1.29, 1.82) is 0 Å². The van der Waals surface area contributed by atoms with Gasteiger partial charge >= 0.3 is 11.9 Å². The molecule has 1 aliphatic rings. The number of nitrogens with zero attached hydrogens (tertiary/aromatic N) is 2. The summed E-state index contributed by atoms with van der Waals surface area (Å²) < 4.78 is 24.7. The van der Waals surface area contributed by atoms with Gasteiger partial charge in [0.15, 0.2) is 4.80 Å². The van der Waals surface area contributed by atoms with Crippen LogP contribution in [0.25, 0.3) is 33.9 Å². The predicted molar refractivity (Wildman–Crippen MR) is 192 cm³/mol. The fraction of sp³-hybridized carbons (Fsp3) is 0.150. The van der Waals surface area contributed by atoms with E-state index in [4.69, 9.17) is 23.6 Å². The van der Waals surface area contributed by atoms with Gasteiger partial charge in [0.2, 0.25) is 0 Å². The fourth-order valence-electron chi connectivity index (χ4n) is 6.15. The van der Waals surface area contributed by atoms with Crippen molar-refractivity contribution in [2.24, 2.45) is 4.99 Å². The third kappa shape index (κ3) is 5.94. The first kappa shape index (κ1) is 32.5. The normalized spacial score (nSPS) is 14.3. The van der Waals surface area contributed by atoms with Crippen molar-refractivity contribution in [2.45, 2.75) is 19.9 Å². The number of benzene rings is 4. The molecule has 1 unspecified atom stereocenters. The highest BCUT2D eigenvalue weighted by atomic mass is 32.1. The number of rotatable bonds is 9. The molecular weight excluding hydrogens is 653 g/mol. The van der Waals surface area contributed by atoms with E-state index in [1.807, 2.05) is 66.7 Å². The van der Waals surface area contributed by atoms with Crippen LogP contribution < -0.4 is 19.6 Å². The Morgan fingerprint density at radius 3 is 2.30 bits per heavy atom. The summed E-state index contributed by atoms with van der Waals surface area (Å²) in [7, 11) is 1.57. The van der Waals surface area contributed by atoms with Gasteiger partial charge in [-0.05, 0) is 55.0 Å². The fourth-order valence-corrected chi connectivity index (χ4v) is 7.13. The van der Waals surface area contributed by atoms with Gasteiger partial charge in [0, 0.05) is 22.8 Å². The first-order chi connectivity index (χ1) is 24.4. The molecule has 0 aliphatic carbocycles. The third-order valence-corrected chi connectivity index (χ3v) is 9.36. The highest BCUT2D eigenvalue weighted by molar-refractivity contribution is 7.07. The molecule has 10 heteroatoms. The van der Waals surface area contributed by atoms with Gasteiger partial charge in [-0.1, -0.05) is 84.1 Å². The molecule has 50 heavy (non-hydrogen) atoms. The van der Waals surface area contributed by atoms with Crippen LogP contribution >= 0.6 is 11.3 Å². The molecular formula is C40H32N2O7S. The number of methoxy groups -OCH3 is 1. The number of carbonyl (C=O) groups is 2. The maximum atomic E-state index is 14.5. The summed E-state index contributed by atoms with van der Waals surface area (Å²) >= 11 is 1.20. The number of hydrogen-bond acceptors (Lipinski definition) is 9. The van der Waals surface area contributed by atoms with Crippen molar-refractivity contribution in [3.63, 3.8) is 0 Å². The molecule has 0 fully saturated rings. The van der Waals surface area contributed by atoms with Crippen LogP contribution in [0.1, 0.15) is 47.1 Å². The van der Waals surface area contributed by atoms with Gasteiger partial charge in [-0.15, -0.1) is 0 Å². The average molecular weight is 685 g/mol. The van der Waals surface area contributed by atoms with Crippen LogP contribution in [0.5, 0.6) is 5.75 Å². The number of thiazole rings is 1. The van der Waals surface area contributed by atoms with E-state index < -0.39 is 18.0 Å². The van der Waals surface area contributed by atoms with Crippen LogP contribution in [0, 0.1) is 0 Å². The van der Waals surface area contributed by atoms with Crippen LogP contribution in [0.3, 0.4) is 0 Å². The van der Waals surface area contributed by atoms with E-state index in [1.54, 1.807) is 68.0 Å².